The summed E-state index contributed by atoms with van der Waals surface area (Å²) in [6.45, 7) is 2.35. The van der Waals surface area contributed by atoms with Gasteiger partial charge in [0.15, 0.2) is 0 Å². The fraction of sp³-hybridized carbons (Fsp3) is 0.333. The highest BCUT2D eigenvalue weighted by atomic mass is 16.5. The minimum absolute atomic E-state index is 0.0853. The maximum absolute atomic E-state index is 14.2. The van der Waals surface area contributed by atoms with Crippen LogP contribution in [0.2, 0.25) is 0 Å². The molecule has 1 aromatic heterocycles. The van der Waals surface area contributed by atoms with Crippen LogP contribution in [0.3, 0.4) is 0 Å². The minimum Gasteiger partial charge on any atom is -0.497 e. The topological polar surface area (TPSA) is 98.6 Å². The molecule has 9 heteroatoms. The first-order chi connectivity index (χ1) is 19.1. The van der Waals surface area contributed by atoms with Crippen LogP contribution < -0.4 is 19.7 Å². The second-order valence-corrected chi connectivity index (χ2v) is 9.60. The Bertz CT molecular complexity index is 1430. The van der Waals surface area contributed by atoms with Crippen LogP contribution in [-0.2, 0) is 16.1 Å². The Labute approximate surface area is 227 Å². The van der Waals surface area contributed by atoms with Crippen molar-refractivity contribution in [3.8, 4) is 11.5 Å². The van der Waals surface area contributed by atoms with Gasteiger partial charge in [0.25, 0.3) is 0 Å². The van der Waals surface area contributed by atoms with E-state index in [0.29, 0.717) is 34.9 Å². The zero-order valence-electron chi connectivity index (χ0n) is 22.2. The van der Waals surface area contributed by atoms with Gasteiger partial charge in [-0.05, 0) is 73.9 Å². The van der Waals surface area contributed by atoms with Crippen molar-refractivity contribution in [2.24, 2.45) is 0 Å². The molecule has 39 heavy (non-hydrogen) atoms. The SMILES string of the molecule is CCOc1ccc(N(C(=O)Cn2nnc3ccccc32)[C@H](C(=O)NC2CCCC2)c2cccc(OC)c2)cc1. The monoisotopic (exact) mass is 527 g/mol. The maximum Gasteiger partial charge on any atom is 0.249 e. The van der Waals surface area contributed by atoms with Crippen LogP contribution in [0.1, 0.15) is 44.2 Å². The van der Waals surface area contributed by atoms with E-state index >= 15 is 0 Å². The lowest BCUT2D eigenvalue weighted by Gasteiger charge is -2.32. The molecular weight excluding hydrogens is 494 g/mol. The van der Waals surface area contributed by atoms with Crippen LogP contribution in [-0.4, -0.2) is 46.6 Å². The number of carbonyl (C=O) groups excluding carboxylic acids is 2. The summed E-state index contributed by atoms with van der Waals surface area (Å²) in [7, 11) is 1.58. The molecule has 0 saturated heterocycles. The Morgan fingerprint density at radius 1 is 1.03 bits per heavy atom. The third kappa shape index (κ3) is 5.87. The minimum atomic E-state index is -0.930. The zero-order chi connectivity index (χ0) is 27.2. The van der Waals surface area contributed by atoms with Gasteiger partial charge in [-0.1, -0.05) is 42.3 Å². The lowest BCUT2D eigenvalue weighted by Crippen LogP contribution is -2.47. The predicted molar refractivity (Wildman–Crippen MR) is 149 cm³/mol. The summed E-state index contributed by atoms with van der Waals surface area (Å²) in [5.74, 6) is 0.752. The van der Waals surface area contributed by atoms with Crippen LogP contribution in [0.5, 0.6) is 11.5 Å². The van der Waals surface area contributed by atoms with E-state index in [9.17, 15) is 9.59 Å². The summed E-state index contributed by atoms with van der Waals surface area (Å²) in [5, 5.41) is 11.6. The number of methoxy groups -OCH3 is 1. The number of ether oxygens (including phenoxy) is 2. The number of hydrogen-bond acceptors (Lipinski definition) is 6. The third-order valence-corrected chi connectivity index (χ3v) is 7.02. The molecule has 202 valence electrons. The number of rotatable bonds is 10. The smallest absolute Gasteiger partial charge is 0.249 e. The molecule has 1 fully saturated rings. The number of benzene rings is 3. The number of carbonyl (C=O) groups is 2. The molecule has 0 unspecified atom stereocenters. The van der Waals surface area contributed by atoms with E-state index in [1.54, 1.807) is 34.9 Å². The van der Waals surface area contributed by atoms with Gasteiger partial charge >= 0.3 is 0 Å². The quantitative estimate of drug-likeness (QED) is 0.322. The van der Waals surface area contributed by atoms with Gasteiger partial charge in [-0.3, -0.25) is 14.5 Å². The van der Waals surface area contributed by atoms with Gasteiger partial charge in [0.05, 0.1) is 19.2 Å². The predicted octanol–water partition coefficient (Wildman–Crippen LogP) is 4.67. The highest BCUT2D eigenvalue weighted by Crippen LogP contribution is 2.32. The molecular formula is C30H33N5O4. The molecule has 4 aromatic rings. The van der Waals surface area contributed by atoms with Crippen LogP contribution in [0, 0.1) is 0 Å². The Kier molecular flexibility index (Phi) is 8.05. The fourth-order valence-corrected chi connectivity index (χ4v) is 5.12. The highest BCUT2D eigenvalue weighted by Gasteiger charge is 2.35. The molecule has 1 saturated carbocycles. The van der Waals surface area contributed by atoms with Crippen molar-refractivity contribution >= 4 is 28.5 Å². The first-order valence-corrected chi connectivity index (χ1v) is 13.3. The van der Waals surface area contributed by atoms with Crippen molar-refractivity contribution in [1.82, 2.24) is 20.3 Å². The Morgan fingerprint density at radius 2 is 1.79 bits per heavy atom. The van der Waals surface area contributed by atoms with Gasteiger partial charge in [0.2, 0.25) is 11.8 Å². The van der Waals surface area contributed by atoms with Gasteiger partial charge < -0.3 is 14.8 Å². The van der Waals surface area contributed by atoms with E-state index in [-0.39, 0.29) is 24.4 Å². The van der Waals surface area contributed by atoms with Crippen molar-refractivity contribution in [3.63, 3.8) is 0 Å². The van der Waals surface area contributed by atoms with E-state index in [0.717, 1.165) is 31.2 Å². The number of aromatic nitrogens is 3. The number of hydrogen-bond donors (Lipinski definition) is 1. The summed E-state index contributed by atoms with van der Waals surface area (Å²) in [4.78, 5) is 29.7. The molecule has 2 amide bonds. The number of nitrogens with zero attached hydrogens (tertiary/aromatic N) is 4. The molecule has 5 rings (SSSR count). The number of nitrogens with one attached hydrogen (secondary N) is 1. The van der Waals surface area contributed by atoms with Gasteiger partial charge in [-0.15, -0.1) is 5.10 Å². The first-order valence-electron chi connectivity index (χ1n) is 13.3. The van der Waals surface area contributed by atoms with Gasteiger partial charge in [0, 0.05) is 11.7 Å². The standard InChI is InChI=1S/C30H33N5O4/c1-3-39-24-17-15-23(16-18-24)35(28(36)20-34-27-14-7-6-13-26(27)32-33-34)29(21-9-8-12-25(19-21)38-2)30(37)31-22-10-4-5-11-22/h6-9,12-19,22,29H,3-5,10-11,20H2,1-2H3,(H,31,37)/t29-/m0/s1. The summed E-state index contributed by atoms with van der Waals surface area (Å²) in [6.07, 6.45) is 4.02. The van der Waals surface area contributed by atoms with Gasteiger partial charge in [0.1, 0.15) is 29.6 Å². The van der Waals surface area contributed by atoms with Gasteiger partial charge in [-0.25, -0.2) is 4.68 Å². The van der Waals surface area contributed by atoms with E-state index in [4.69, 9.17) is 9.47 Å². The summed E-state index contributed by atoms with van der Waals surface area (Å²) < 4.78 is 12.7. The molecule has 1 aliphatic rings. The second kappa shape index (κ2) is 12.0. The zero-order valence-corrected chi connectivity index (χ0v) is 22.2. The molecule has 1 atom stereocenters. The molecule has 0 bridgehead atoms. The van der Waals surface area contributed by atoms with Crippen LogP contribution in [0.4, 0.5) is 5.69 Å². The summed E-state index contributed by atoms with van der Waals surface area (Å²) >= 11 is 0. The molecule has 0 radical (unpaired) electrons. The Morgan fingerprint density at radius 3 is 2.54 bits per heavy atom. The van der Waals surface area contributed by atoms with Crippen molar-refractivity contribution in [2.45, 2.75) is 51.2 Å². The van der Waals surface area contributed by atoms with E-state index in [1.165, 1.54) is 0 Å². The average Bonchev–Trinajstić information content (AvgIpc) is 3.62. The number of para-hydroxylation sites is 1. The largest absolute Gasteiger partial charge is 0.497 e. The van der Waals surface area contributed by atoms with Crippen molar-refractivity contribution in [1.29, 1.82) is 0 Å². The lowest BCUT2D eigenvalue weighted by molar-refractivity contribution is -0.127. The molecule has 3 aromatic carbocycles. The Balaban J connectivity index is 1.57. The molecule has 9 nitrogen and oxygen atoms in total. The first kappa shape index (κ1) is 26.2. The average molecular weight is 528 g/mol. The Hall–Kier alpha value is -4.40. The third-order valence-electron chi connectivity index (χ3n) is 7.02. The summed E-state index contributed by atoms with van der Waals surface area (Å²) in [6, 6.07) is 21.2. The number of fused-ring (bicyclic) bond motifs is 1. The van der Waals surface area contributed by atoms with Crippen LogP contribution >= 0.6 is 0 Å². The van der Waals surface area contributed by atoms with Crippen molar-refractivity contribution < 1.29 is 19.1 Å². The normalized spacial score (nSPS) is 14.2. The van der Waals surface area contributed by atoms with Crippen LogP contribution in [0.15, 0.2) is 72.8 Å². The molecule has 1 heterocycles. The lowest BCUT2D eigenvalue weighted by atomic mass is 10.0. The van der Waals surface area contributed by atoms with Crippen molar-refractivity contribution in [3.05, 3.63) is 78.4 Å². The molecule has 1 N–H and O–H groups in total. The van der Waals surface area contributed by atoms with E-state index < -0.39 is 6.04 Å². The molecule has 1 aliphatic carbocycles. The molecule has 0 aliphatic heterocycles. The van der Waals surface area contributed by atoms with E-state index in [1.807, 2.05) is 61.5 Å². The maximum atomic E-state index is 14.2. The second-order valence-electron chi connectivity index (χ2n) is 9.60. The van der Waals surface area contributed by atoms with Gasteiger partial charge in [-0.2, -0.15) is 0 Å². The van der Waals surface area contributed by atoms with Crippen LogP contribution in [0.25, 0.3) is 11.0 Å². The number of anilines is 1. The van der Waals surface area contributed by atoms with Crippen molar-refractivity contribution in [2.75, 3.05) is 18.6 Å². The summed E-state index contributed by atoms with van der Waals surface area (Å²) in [5.41, 5.74) is 2.66. The van der Waals surface area contributed by atoms with E-state index in [2.05, 4.69) is 15.6 Å². The highest BCUT2D eigenvalue weighted by molar-refractivity contribution is 6.01. The molecule has 0 spiro atoms. The number of amides is 2. The fourth-order valence-electron chi connectivity index (χ4n) is 5.12.